The Labute approximate surface area is 81.1 Å². The van der Waals surface area contributed by atoms with Crippen LogP contribution < -0.4 is 5.43 Å². The zero-order valence-electron chi connectivity index (χ0n) is 7.86. The van der Waals surface area contributed by atoms with Crippen LogP contribution in [0.15, 0.2) is 29.7 Å². The van der Waals surface area contributed by atoms with Gasteiger partial charge in [-0.25, -0.2) is 4.79 Å². The molecule has 0 saturated heterocycles. The first-order chi connectivity index (χ1) is 6.56. The number of hydrogen-bond acceptors (Lipinski definition) is 2. The van der Waals surface area contributed by atoms with Crippen molar-refractivity contribution in [3.05, 3.63) is 46.4 Å². The number of aryl methyl sites for hydroxylation is 1. The summed E-state index contributed by atoms with van der Waals surface area (Å²) < 4.78 is 1.66. The molecule has 0 saturated carbocycles. The van der Waals surface area contributed by atoms with E-state index in [9.17, 15) is 9.59 Å². The lowest BCUT2D eigenvalue weighted by atomic mass is 10.2. The molecule has 0 aliphatic rings. The van der Waals surface area contributed by atoms with E-state index in [1.165, 1.54) is 12.3 Å². The van der Waals surface area contributed by atoms with Gasteiger partial charge in [-0.1, -0.05) is 6.08 Å². The Hall–Kier alpha value is -1.84. The Balaban J connectivity index is 3.34. The molecular formula is C10H11NO3. The summed E-state index contributed by atoms with van der Waals surface area (Å²) in [5.41, 5.74) is 0.0488. The number of carbonyl (C=O) groups is 1. The first kappa shape index (κ1) is 10.2. The van der Waals surface area contributed by atoms with Crippen LogP contribution in [0, 0.1) is 6.92 Å². The maximum absolute atomic E-state index is 11.2. The molecule has 0 amide bonds. The predicted octanol–water partition coefficient (Wildman–Crippen LogP) is 1.04. The molecule has 0 unspecified atom stereocenters. The molecule has 4 nitrogen and oxygen atoms in total. The van der Waals surface area contributed by atoms with E-state index in [-0.39, 0.29) is 5.56 Å². The molecule has 0 aliphatic carbocycles. The highest BCUT2D eigenvalue weighted by Crippen LogP contribution is 1.99. The van der Waals surface area contributed by atoms with Crippen LogP contribution in [-0.2, 0) is 6.54 Å². The summed E-state index contributed by atoms with van der Waals surface area (Å²) in [6, 6.07) is 1.31. The number of carboxylic acid groups (broad SMARTS) is 1. The van der Waals surface area contributed by atoms with E-state index in [1.54, 1.807) is 17.6 Å². The lowest BCUT2D eigenvalue weighted by Gasteiger charge is -2.08. The highest BCUT2D eigenvalue weighted by Gasteiger charge is 2.09. The van der Waals surface area contributed by atoms with E-state index in [0.717, 1.165) is 5.69 Å². The lowest BCUT2D eigenvalue weighted by molar-refractivity contribution is 0.0694. The summed E-state index contributed by atoms with van der Waals surface area (Å²) in [5.74, 6) is -1.20. The van der Waals surface area contributed by atoms with Crippen LogP contribution in [0.2, 0.25) is 0 Å². The summed E-state index contributed by atoms with van der Waals surface area (Å²) in [7, 11) is 0. The summed E-state index contributed by atoms with van der Waals surface area (Å²) in [6.45, 7) is 5.79. The van der Waals surface area contributed by atoms with Gasteiger partial charge in [-0.15, -0.1) is 6.58 Å². The molecule has 1 N–H and O–H groups in total. The minimum absolute atomic E-state index is 0.211. The van der Waals surface area contributed by atoms with Gasteiger partial charge in [-0.05, 0) is 6.92 Å². The van der Waals surface area contributed by atoms with Gasteiger partial charge in [-0.3, -0.25) is 4.79 Å². The average molecular weight is 193 g/mol. The largest absolute Gasteiger partial charge is 0.477 e. The fraction of sp³-hybridized carbons (Fsp3) is 0.200. The third-order valence-electron chi connectivity index (χ3n) is 1.90. The number of carboxylic acids is 1. The van der Waals surface area contributed by atoms with E-state index in [1.807, 2.05) is 0 Å². The van der Waals surface area contributed by atoms with Crippen molar-refractivity contribution in [2.75, 3.05) is 0 Å². The molecule has 0 aromatic carbocycles. The molecule has 1 aromatic rings. The Morgan fingerprint density at radius 2 is 2.36 bits per heavy atom. The van der Waals surface area contributed by atoms with E-state index < -0.39 is 11.4 Å². The number of aromatic carboxylic acids is 1. The number of aromatic nitrogens is 1. The van der Waals surface area contributed by atoms with Gasteiger partial charge in [0, 0.05) is 24.5 Å². The molecule has 1 heterocycles. The third-order valence-corrected chi connectivity index (χ3v) is 1.90. The van der Waals surface area contributed by atoms with E-state index in [4.69, 9.17) is 5.11 Å². The fourth-order valence-corrected chi connectivity index (χ4v) is 1.17. The van der Waals surface area contributed by atoms with Crippen LogP contribution in [0.25, 0.3) is 0 Å². The standard InChI is InChI=1S/C10H11NO3/c1-3-4-11-6-8(10(13)14)9(12)5-7(11)2/h3,5-6H,1,4H2,2H3,(H,13,14). The zero-order valence-corrected chi connectivity index (χ0v) is 7.86. The summed E-state index contributed by atoms with van der Waals surface area (Å²) >= 11 is 0. The van der Waals surface area contributed by atoms with Crippen LogP contribution in [0.3, 0.4) is 0 Å². The molecule has 1 rings (SSSR count). The van der Waals surface area contributed by atoms with Crippen LogP contribution in [-0.4, -0.2) is 15.6 Å². The molecule has 0 aliphatic heterocycles. The van der Waals surface area contributed by atoms with Gasteiger partial charge in [-0.2, -0.15) is 0 Å². The molecule has 0 fully saturated rings. The Morgan fingerprint density at radius 1 is 1.71 bits per heavy atom. The molecule has 1 aromatic heterocycles. The highest BCUT2D eigenvalue weighted by atomic mass is 16.4. The molecule has 0 atom stereocenters. The smallest absolute Gasteiger partial charge is 0.341 e. The second kappa shape index (κ2) is 3.91. The predicted molar refractivity (Wildman–Crippen MR) is 52.6 cm³/mol. The first-order valence-electron chi connectivity index (χ1n) is 4.11. The number of pyridine rings is 1. The van der Waals surface area contributed by atoms with Crippen molar-refractivity contribution in [3.63, 3.8) is 0 Å². The number of nitrogens with zero attached hydrogens (tertiary/aromatic N) is 1. The quantitative estimate of drug-likeness (QED) is 0.729. The second-order valence-electron chi connectivity index (χ2n) is 2.94. The second-order valence-corrected chi connectivity index (χ2v) is 2.94. The average Bonchev–Trinajstić information content (AvgIpc) is 2.09. The Kier molecular flexibility index (Phi) is 2.86. The van der Waals surface area contributed by atoms with E-state index in [2.05, 4.69) is 6.58 Å². The normalized spacial score (nSPS) is 9.79. The molecule has 14 heavy (non-hydrogen) atoms. The third kappa shape index (κ3) is 1.90. The minimum atomic E-state index is -1.20. The van der Waals surface area contributed by atoms with Crippen molar-refractivity contribution in [1.29, 1.82) is 0 Å². The molecule has 74 valence electrons. The lowest BCUT2D eigenvalue weighted by Crippen LogP contribution is -2.18. The van der Waals surface area contributed by atoms with Crippen LogP contribution in [0.1, 0.15) is 16.1 Å². The zero-order chi connectivity index (χ0) is 10.7. The van der Waals surface area contributed by atoms with E-state index in [0.29, 0.717) is 6.54 Å². The van der Waals surface area contributed by atoms with Gasteiger partial charge < -0.3 is 9.67 Å². The number of rotatable bonds is 3. The van der Waals surface area contributed by atoms with Gasteiger partial charge in [0.1, 0.15) is 5.56 Å². The molecule has 0 radical (unpaired) electrons. The molecule has 0 spiro atoms. The Bertz CT molecular complexity index is 431. The minimum Gasteiger partial charge on any atom is -0.477 e. The van der Waals surface area contributed by atoms with Crippen molar-refractivity contribution < 1.29 is 9.90 Å². The van der Waals surface area contributed by atoms with E-state index >= 15 is 0 Å². The van der Waals surface area contributed by atoms with Gasteiger partial charge in [0.2, 0.25) is 0 Å². The summed E-state index contributed by atoms with van der Waals surface area (Å²) in [4.78, 5) is 21.9. The Morgan fingerprint density at radius 3 is 2.86 bits per heavy atom. The maximum Gasteiger partial charge on any atom is 0.341 e. The van der Waals surface area contributed by atoms with Gasteiger partial charge in [0.15, 0.2) is 5.43 Å². The number of allylic oxidation sites excluding steroid dienone is 1. The van der Waals surface area contributed by atoms with Crippen LogP contribution >= 0.6 is 0 Å². The van der Waals surface area contributed by atoms with Gasteiger partial charge in [0.05, 0.1) is 0 Å². The van der Waals surface area contributed by atoms with Crippen molar-refractivity contribution >= 4 is 5.97 Å². The van der Waals surface area contributed by atoms with Crippen LogP contribution in [0.4, 0.5) is 0 Å². The maximum atomic E-state index is 11.2. The van der Waals surface area contributed by atoms with Crippen molar-refractivity contribution in [2.24, 2.45) is 0 Å². The van der Waals surface area contributed by atoms with Crippen molar-refractivity contribution in [2.45, 2.75) is 13.5 Å². The molecule has 4 heteroatoms. The van der Waals surface area contributed by atoms with Gasteiger partial charge >= 0.3 is 5.97 Å². The SMILES string of the molecule is C=CCn1cc(C(=O)O)c(=O)cc1C. The van der Waals surface area contributed by atoms with Gasteiger partial charge in [0.25, 0.3) is 0 Å². The highest BCUT2D eigenvalue weighted by molar-refractivity contribution is 5.87. The first-order valence-corrected chi connectivity index (χ1v) is 4.11. The van der Waals surface area contributed by atoms with Crippen molar-refractivity contribution in [1.82, 2.24) is 4.57 Å². The topological polar surface area (TPSA) is 59.3 Å². The van der Waals surface area contributed by atoms with Crippen LogP contribution in [0.5, 0.6) is 0 Å². The summed E-state index contributed by atoms with van der Waals surface area (Å²) in [5, 5.41) is 8.71. The van der Waals surface area contributed by atoms with Crippen molar-refractivity contribution in [3.8, 4) is 0 Å². The monoisotopic (exact) mass is 193 g/mol. The molecule has 0 bridgehead atoms. The fourth-order valence-electron chi connectivity index (χ4n) is 1.17. The molecular weight excluding hydrogens is 182 g/mol. The summed E-state index contributed by atoms with van der Waals surface area (Å²) in [6.07, 6.45) is 2.98. The number of hydrogen-bond donors (Lipinski definition) is 1.